The number of hydrogen-bond acceptors (Lipinski definition) is 0. The van der Waals surface area contributed by atoms with Crippen molar-refractivity contribution < 1.29 is 26.2 Å². The van der Waals surface area contributed by atoms with Crippen LogP contribution in [0.4, 0.5) is 0 Å². The van der Waals surface area contributed by atoms with Gasteiger partial charge in [0.2, 0.25) is 0 Å². The van der Waals surface area contributed by atoms with Crippen molar-refractivity contribution in [2.24, 2.45) is 14.1 Å². The van der Waals surface area contributed by atoms with E-state index in [0.29, 0.717) is 0 Å². The molecule has 56 heavy (non-hydrogen) atoms. The van der Waals surface area contributed by atoms with Gasteiger partial charge in [0.15, 0.2) is 0 Å². The van der Waals surface area contributed by atoms with Gasteiger partial charge in [-0.05, 0) is 47.5 Å². The van der Waals surface area contributed by atoms with E-state index in [4.69, 9.17) is 0 Å². The zero-order chi connectivity index (χ0) is 36.2. The van der Waals surface area contributed by atoms with Crippen molar-refractivity contribution in [1.29, 1.82) is 0 Å². The summed E-state index contributed by atoms with van der Waals surface area (Å²) in [5.74, 6) is 0. The first-order chi connectivity index (χ1) is 25.8. The zero-order valence-electron chi connectivity index (χ0n) is 34.0. The Hall–Kier alpha value is -4.76. The molecule has 2 aromatic heterocycles. The maximum Gasteiger partial charge on any atom is 4.00 e. The number of fused-ring (bicyclic) bond motifs is 8. The molecule has 0 saturated carbocycles. The molecule has 0 saturated heterocycles. The fraction of sp³-hybridized carbons (Fsp3) is 0.154. The Kier molecular flexibility index (Phi) is 10.3. The molecule has 0 aliphatic rings. The van der Waals surface area contributed by atoms with Crippen molar-refractivity contribution in [3.05, 3.63) is 159 Å². The summed E-state index contributed by atoms with van der Waals surface area (Å²) in [6.45, 7) is 9.68. The molecule has 8 aromatic carbocycles. The van der Waals surface area contributed by atoms with Crippen LogP contribution in [-0.4, -0.2) is 17.2 Å². The standard InChI is InChI=1S/C50H44N2Si.2CH3.Zr/c1-7-53(8-2,49-31(3)27-41-35(17-13-19-39(41)49)33-23-25-47-43(29-33)37-15-9-11-21-45(37)51(47)5)50-32(4)28-42-36(18-14-20-40(42)50)34-24-26-48-44(30-34)38-16-10-12-22-46(38)52(48)6;;;/h9-30H,7-8H2,1-6H3;2*1H3;/q-2;2*-1;+4. The van der Waals surface area contributed by atoms with E-state index >= 15 is 0 Å². The first-order valence-corrected chi connectivity index (χ1v) is 21.6. The van der Waals surface area contributed by atoms with Gasteiger partial charge in [0, 0.05) is 65.8 Å². The molecule has 2 nitrogen and oxygen atoms in total. The van der Waals surface area contributed by atoms with Crippen LogP contribution in [0.25, 0.3) is 87.4 Å². The predicted octanol–water partition coefficient (Wildman–Crippen LogP) is 13.2. The second kappa shape index (κ2) is 14.6. The van der Waals surface area contributed by atoms with E-state index in [1.807, 2.05) is 0 Å². The minimum atomic E-state index is -2.22. The first-order valence-electron chi connectivity index (χ1n) is 19.2. The van der Waals surface area contributed by atoms with Gasteiger partial charge in [-0.1, -0.05) is 112 Å². The van der Waals surface area contributed by atoms with E-state index in [9.17, 15) is 0 Å². The Morgan fingerprint density at radius 3 is 1.25 bits per heavy atom. The summed E-state index contributed by atoms with van der Waals surface area (Å²) in [6, 6.07) is 53.1. The third-order valence-electron chi connectivity index (χ3n) is 12.9. The molecule has 10 aromatic rings. The Bertz CT molecular complexity index is 2880. The number of para-hydroxylation sites is 2. The van der Waals surface area contributed by atoms with Crippen LogP contribution in [0.1, 0.15) is 25.0 Å². The molecule has 0 radical (unpaired) electrons. The van der Waals surface area contributed by atoms with Gasteiger partial charge >= 0.3 is 26.2 Å². The monoisotopic (exact) mass is 820 g/mol. The summed E-state index contributed by atoms with van der Waals surface area (Å²) in [5, 5.41) is 14.2. The molecule has 0 N–H and O–H groups in total. The van der Waals surface area contributed by atoms with Crippen molar-refractivity contribution in [3.8, 4) is 22.3 Å². The molecular formula is C52H50N2SiZr. The van der Waals surface area contributed by atoms with Crippen molar-refractivity contribution in [3.63, 3.8) is 0 Å². The minimum absolute atomic E-state index is 0. The smallest absolute Gasteiger partial charge is 0.358 e. The molecule has 0 aliphatic carbocycles. The van der Waals surface area contributed by atoms with E-state index in [1.165, 1.54) is 111 Å². The quantitative estimate of drug-likeness (QED) is 0.117. The van der Waals surface area contributed by atoms with Gasteiger partial charge in [-0.2, -0.15) is 12.1 Å². The van der Waals surface area contributed by atoms with Crippen LogP contribution in [0.3, 0.4) is 0 Å². The number of hydrogen-bond donors (Lipinski definition) is 0. The molecule has 0 amide bonds. The second-order valence-electron chi connectivity index (χ2n) is 15.3. The van der Waals surface area contributed by atoms with Gasteiger partial charge in [-0.15, -0.1) is 67.3 Å². The summed E-state index contributed by atoms with van der Waals surface area (Å²) in [6.07, 6.45) is 0. The van der Waals surface area contributed by atoms with Crippen molar-refractivity contribution in [2.75, 3.05) is 0 Å². The van der Waals surface area contributed by atoms with E-state index in [2.05, 4.69) is 184 Å². The van der Waals surface area contributed by atoms with Crippen molar-refractivity contribution >= 4 is 83.6 Å². The van der Waals surface area contributed by atoms with Gasteiger partial charge in [0.1, 0.15) is 0 Å². The Balaban J connectivity index is 0.00000160. The molecular weight excluding hydrogens is 772 g/mol. The summed E-state index contributed by atoms with van der Waals surface area (Å²) in [5.41, 5.74) is 13.2. The van der Waals surface area contributed by atoms with Gasteiger partial charge in [0.05, 0.1) is 0 Å². The maximum absolute atomic E-state index is 2.51. The molecule has 0 unspecified atom stereocenters. The fourth-order valence-corrected chi connectivity index (χ4v) is 15.7. The topological polar surface area (TPSA) is 9.86 Å². The molecule has 2 heterocycles. The normalized spacial score (nSPS) is 11.8. The summed E-state index contributed by atoms with van der Waals surface area (Å²) < 4.78 is 4.64. The van der Waals surface area contributed by atoms with Crippen LogP contribution in [0.15, 0.2) is 133 Å². The van der Waals surface area contributed by atoms with E-state index in [1.54, 1.807) is 10.4 Å². The maximum atomic E-state index is 2.51. The fourth-order valence-electron chi connectivity index (χ4n) is 10.4. The van der Waals surface area contributed by atoms with Gasteiger partial charge in [-0.25, -0.2) is 0 Å². The van der Waals surface area contributed by atoms with Gasteiger partial charge < -0.3 is 24.0 Å². The first kappa shape index (κ1) is 39.5. The summed E-state index contributed by atoms with van der Waals surface area (Å²) >= 11 is 0. The molecule has 0 spiro atoms. The SMILES string of the molecule is CC[Si](CC)([c-]1c(C)cc2c(-c3ccc4c(c3)c3ccccc3n4C)cccc21)[c-]1c(C)cc2c(-c3ccc4c(c3)c3ccccc3n4C)cccc21.[CH3-].[CH3-].[Zr+4]. The van der Waals surface area contributed by atoms with Crippen molar-refractivity contribution in [2.45, 2.75) is 39.8 Å². The van der Waals surface area contributed by atoms with Crippen LogP contribution in [-0.2, 0) is 40.3 Å². The van der Waals surface area contributed by atoms with Crippen LogP contribution >= 0.6 is 0 Å². The van der Waals surface area contributed by atoms with Crippen LogP contribution < -0.4 is 10.4 Å². The van der Waals surface area contributed by atoms with E-state index in [-0.39, 0.29) is 41.1 Å². The van der Waals surface area contributed by atoms with Crippen LogP contribution in [0.5, 0.6) is 0 Å². The van der Waals surface area contributed by atoms with E-state index in [0.717, 1.165) is 0 Å². The van der Waals surface area contributed by atoms with Crippen LogP contribution in [0.2, 0.25) is 12.1 Å². The number of rotatable bonds is 6. The number of aryl methyl sites for hydroxylation is 4. The average molecular weight is 822 g/mol. The molecule has 0 fully saturated rings. The second-order valence-corrected chi connectivity index (χ2v) is 19.9. The largest absolute Gasteiger partial charge is 4.00 e. The third-order valence-corrected chi connectivity index (χ3v) is 18.5. The molecule has 276 valence electrons. The minimum Gasteiger partial charge on any atom is -0.358 e. The average Bonchev–Trinajstić information content (AvgIpc) is 3.90. The van der Waals surface area contributed by atoms with E-state index < -0.39 is 8.07 Å². The zero-order valence-corrected chi connectivity index (χ0v) is 37.5. The molecule has 0 aliphatic heterocycles. The van der Waals surface area contributed by atoms with Gasteiger partial charge in [-0.3, -0.25) is 0 Å². The Morgan fingerprint density at radius 2 is 0.839 bits per heavy atom. The number of nitrogens with zero attached hydrogens (tertiary/aromatic N) is 2. The van der Waals surface area contributed by atoms with Gasteiger partial charge in [0.25, 0.3) is 0 Å². The molecule has 0 atom stereocenters. The van der Waals surface area contributed by atoms with Crippen LogP contribution in [0, 0.1) is 28.7 Å². The molecule has 4 heteroatoms. The Labute approximate surface area is 352 Å². The molecule has 10 rings (SSSR count). The van der Waals surface area contributed by atoms with Crippen molar-refractivity contribution in [1.82, 2.24) is 9.13 Å². The molecule has 0 bridgehead atoms. The summed E-state index contributed by atoms with van der Waals surface area (Å²) in [4.78, 5) is 0. The number of aromatic nitrogens is 2. The summed E-state index contributed by atoms with van der Waals surface area (Å²) in [7, 11) is 2.14. The Morgan fingerprint density at radius 1 is 0.446 bits per heavy atom. The number of benzene rings is 6. The third kappa shape index (κ3) is 5.43. The predicted molar refractivity (Wildman–Crippen MR) is 246 cm³/mol.